The largest absolute Gasteiger partial charge is 0.395 e. The van der Waals surface area contributed by atoms with Crippen LogP contribution in [0.3, 0.4) is 0 Å². The van der Waals surface area contributed by atoms with Crippen LogP contribution in [0.15, 0.2) is 24.3 Å². The zero-order valence-electron chi connectivity index (χ0n) is 10.9. The molecule has 18 heavy (non-hydrogen) atoms. The fourth-order valence-electron chi connectivity index (χ4n) is 1.89. The summed E-state index contributed by atoms with van der Waals surface area (Å²) in [7, 11) is 0. The van der Waals surface area contributed by atoms with Crippen molar-refractivity contribution < 1.29 is 19.3 Å². The first kappa shape index (κ1) is 15.1. The van der Waals surface area contributed by atoms with Crippen LogP contribution in [0.25, 0.3) is 0 Å². The summed E-state index contributed by atoms with van der Waals surface area (Å²) in [6.45, 7) is 3.55. The molecule has 0 saturated carbocycles. The SMILES string of the molecule is CC(C)OCCC(CO)(CO)c1ccccc1F. The smallest absolute Gasteiger partial charge is 0.127 e. The van der Waals surface area contributed by atoms with E-state index in [1.54, 1.807) is 18.2 Å². The number of aliphatic hydroxyl groups excluding tert-OH is 2. The van der Waals surface area contributed by atoms with Crippen molar-refractivity contribution in [2.45, 2.75) is 31.8 Å². The molecule has 1 aromatic carbocycles. The lowest BCUT2D eigenvalue weighted by atomic mass is 9.79. The van der Waals surface area contributed by atoms with Gasteiger partial charge in [-0.2, -0.15) is 0 Å². The lowest BCUT2D eigenvalue weighted by Crippen LogP contribution is -2.37. The highest BCUT2D eigenvalue weighted by molar-refractivity contribution is 5.27. The van der Waals surface area contributed by atoms with Crippen LogP contribution in [-0.4, -0.2) is 36.1 Å². The van der Waals surface area contributed by atoms with Gasteiger partial charge in [0.15, 0.2) is 0 Å². The number of ether oxygens (including phenoxy) is 1. The number of hydrogen-bond acceptors (Lipinski definition) is 3. The normalized spacial score (nSPS) is 12.1. The van der Waals surface area contributed by atoms with Crippen molar-refractivity contribution in [2.24, 2.45) is 0 Å². The van der Waals surface area contributed by atoms with Gasteiger partial charge in [0, 0.05) is 12.0 Å². The maximum absolute atomic E-state index is 13.8. The molecule has 1 aromatic rings. The lowest BCUT2D eigenvalue weighted by molar-refractivity contribution is 0.0352. The van der Waals surface area contributed by atoms with Gasteiger partial charge in [-0.25, -0.2) is 4.39 Å². The van der Waals surface area contributed by atoms with Crippen LogP contribution in [-0.2, 0) is 10.2 Å². The second kappa shape index (κ2) is 6.83. The van der Waals surface area contributed by atoms with Gasteiger partial charge in [-0.05, 0) is 31.9 Å². The van der Waals surface area contributed by atoms with Gasteiger partial charge in [-0.1, -0.05) is 18.2 Å². The summed E-state index contributed by atoms with van der Waals surface area (Å²) in [5.74, 6) is -0.412. The second-order valence-corrected chi connectivity index (χ2v) is 4.75. The fourth-order valence-corrected chi connectivity index (χ4v) is 1.89. The zero-order chi connectivity index (χ0) is 13.6. The molecule has 0 radical (unpaired) electrons. The molecule has 0 aromatic heterocycles. The Labute approximate surface area is 107 Å². The monoisotopic (exact) mass is 256 g/mol. The van der Waals surface area contributed by atoms with Crippen LogP contribution in [0.2, 0.25) is 0 Å². The molecule has 102 valence electrons. The molecule has 0 unspecified atom stereocenters. The first-order valence-corrected chi connectivity index (χ1v) is 6.14. The standard InChI is InChI=1S/C14H21FO3/c1-11(2)18-8-7-14(9-16,10-17)12-5-3-4-6-13(12)15/h3-6,11,16-17H,7-10H2,1-2H3. The third-order valence-electron chi connectivity index (χ3n) is 3.08. The number of benzene rings is 1. The van der Waals surface area contributed by atoms with Crippen LogP contribution >= 0.6 is 0 Å². The van der Waals surface area contributed by atoms with E-state index in [1.165, 1.54) is 6.07 Å². The summed E-state index contributed by atoms with van der Waals surface area (Å²) < 4.78 is 19.2. The predicted molar refractivity (Wildman–Crippen MR) is 68.0 cm³/mol. The van der Waals surface area contributed by atoms with Crippen LogP contribution < -0.4 is 0 Å². The molecular weight excluding hydrogens is 235 g/mol. The molecule has 0 atom stereocenters. The molecule has 0 fully saturated rings. The first-order valence-electron chi connectivity index (χ1n) is 6.14. The fraction of sp³-hybridized carbons (Fsp3) is 0.571. The summed E-state index contributed by atoms with van der Waals surface area (Å²) >= 11 is 0. The summed E-state index contributed by atoms with van der Waals surface area (Å²) in [4.78, 5) is 0. The highest BCUT2D eigenvalue weighted by Gasteiger charge is 2.33. The molecule has 0 amide bonds. The van der Waals surface area contributed by atoms with E-state index in [-0.39, 0.29) is 19.3 Å². The first-order chi connectivity index (χ1) is 8.55. The van der Waals surface area contributed by atoms with Gasteiger partial charge >= 0.3 is 0 Å². The van der Waals surface area contributed by atoms with E-state index in [9.17, 15) is 14.6 Å². The van der Waals surface area contributed by atoms with Crippen LogP contribution in [0.5, 0.6) is 0 Å². The summed E-state index contributed by atoms with van der Waals surface area (Å²) in [6.07, 6.45) is 0.444. The number of halogens is 1. The van der Waals surface area contributed by atoms with Crippen LogP contribution in [0.4, 0.5) is 4.39 Å². The van der Waals surface area contributed by atoms with E-state index >= 15 is 0 Å². The van der Waals surface area contributed by atoms with Gasteiger partial charge in [0.2, 0.25) is 0 Å². The molecule has 3 nitrogen and oxygen atoms in total. The molecule has 0 aliphatic heterocycles. The van der Waals surface area contributed by atoms with Crippen molar-refractivity contribution >= 4 is 0 Å². The van der Waals surface area contributed by atoms with Gasteiger partial charge < -0.3 is 14.9 Å². The number of hydrogen-bond donors (Lipinski definition) is 2. The number of aliphatic hydroxyl groups is 2. The Morgan fingerprint density at radius 1 is 1.22 bits per heavy atom. The zero-order valence-corrected chi connectivity index (χ0v) is 10.9. The van der Waals surface area contributed by atoms with Crippen molar-refractivity contribution in [2.75, 3.05) is 19.8 Å². The molecule has 0 spiro atoms. The Bertz CT molecular complexity index is 362. The van der Waals surface area contributed by atoms with Gasteiger partial charge in [-0.15, -0.1) is 0 Å². The van der Waals surface area contributed by atoms with Crippen molar-refractivity contribution in [1.29, 1.82) is 0 Å². The number of rotatable bonds is 7. The summed E-state index contributed by atoms with van der Waals surface area (Å²) in [6, 6.07) is 6.21. The average molecular weight is 256 g/mol. The Balaban J connectivity index is 2.89. The third kappa shape index (κ3) is 3.51. The van der Waals surface area contributed by atoms with Gasteiger partial charge in [-0.3, -0.25) is 0 Å². The minimum Gasteiger partial charge on any atom is -0.395 e. The Hall–Kier alpha value is -0.970. The minimum atomic E-state index is -0.986. The van der Waals surface area contributed by atoms with E-state index in [4.69, 9.17) is 4.74 Å². The molecule has 0 aliphatic carbocycles. The summed E-state index contributed by atoms with van der Waals surface area (Å²) in [5.41, 5.74) is -0.650. The van der Waals surface area contributed by atoms with Crippen LogP contribution in [0.1, 0.15) is 25.8 Å². The van der Waals surface area contributed by atoms with Gasteiger partial charge in [0.25, 0.3) is 0 Å². The molecule has 0 bridgehead atoms. The van der Waals surface area contributed by atoms with E-state index in [0.717, 1.165) is 0 Å². The quantitative estimate of drug-likeness (QED) is 0.783. The van der Waals surface area contributed by atoms with E-state index < -0.39 is 11.2 Å². The molecule has 1 rings (SSSR count). The molecule has 2 N–H and O–H groups in total. The topological polar surface area (TPSA) is 49.7 Å². The second-order valence-electron chi connectivity index (χ2n) is 4.75. The third-order valence-corrected chi connectivity index (χ3v) is 3.08. The lowest BCUT2D eigenvalue weighted by Gasteiger charge is -2.31. The minimum absolute atomic E-state index is 0.0701. The summed E-state index contributed by atoms with van der Waals surface area (Å²) in [5, 5.41) is 19.1. The molecule has 0 saturated heterocycles. The Morgan fingerprint density at radius 2 is 1.83 bits per heavy atom. The maximum Gasteiger partial charge on any atom is 0.127 e. The molecule has 0 heterocycles. The molecule has 0 aliphatic rings. The van der Waals surface area contributed by atoms with E-state index in [1.807, 2.05) is 13.8 Å². The molecule has 4 heteroatoms. The van der Waals surface area contributed by atoms with E-state index in [0.29, 0.717) is 18.6 Å². The van der Waals surface area contributed by atoms with E-state index in [2.05, 4.69) is 0 Å². The van der Waals surface area contributed by atoms with Crippen LogP contribution in [0, 0.1) is 5.82 Å². The van der Waals surface area contributed by atoms with Crippen molar-refractivity contribution in [3.05, 3.63) is 35.6 Å². The van der Waals surface area contributed by atoms with Crippen molar-refractivity contribution in [3.8, 4) is 0 Å². The van der Waals surface area contributed by atoms with Crippen molar-refractivity contribution in [1.82, 2.24) is 0 Å². The predicted octanol–water partition coefficient (Wildman–Crippen LogP) is 1.86. The van der Waals surface area contributed by atoms with Gasteiger partial charge in [0.05, 0.1) is 19.3 Å². The molecular formula is C14H21FO3. The highest BCUT2D eigenvalue weighted by Crippen LogP contribution is 2.29. The highest BCUT2D eigenvalue weighted by atomic mass is 19.1. The average Bonchev–Trinajstić information content (AvgIpc) is 2.36. The Kier molecular flexibility index (Phi) is 5.72. The van der Waals surface area contributed by atoms with Gasteiger partial charge in [0.1, 0.15) is 5.82 Å². The Morgan fingerprint density at radius 3 is 2.33 bits per heavy atom. The maximum atomic E-state index is 13.8. The van der Waals surface area contributed by atoms with Crippen molar-refractivity contribution in [3.63, 3.8) is 0 Å².